The number of nitrogens with two attached hydrogens (primary N) is 1. The van der Waals surface area contributed by atoms with Crippen LogP contribution < -0.4 is 10.5 Å². The van der Waals surface area contributed by atoms with Gasteiger partial charge in [0.1, 0.15) is 17.7 Å². The summed E-state index contributed by atoms with van der Waals surface area (Å²) in [6, 6.07) is 11.5. The van der Waals surface area contributed by atoms with Crippen LogP contribution in [0.25, 0.3) is 0 Å². The van der Waals surface area contributed by atoms with Crippen molar-refractivity contribution in [3.8, 4) is 5.75 Å². The summed E-state index contributed by atoms with van der Waals surface area (Å²) in [6.45, 7) is 3.68. The molecule has 0 aliphatic carbocycles. The Morgan fingerprint density at radius 2 is 1.90 bits per heavy atom. The maximum atomic E-state index is 13.9. The van der Waals surface area contributed by atoms with Gasteiger partial charge in [0, 0.05) is 16.6 Å². The second-order valence-electron chi connectivity index (χ2n) is 4.83. The number of halogens is 2. The molecule has 2 N–H and O–H groups in total. The Balaban J connectivity index is 2.31. The summed E-state index contributed by atoms with van der Waals surface area (Å²) in [7, 11) is 0. The molecule has 106 valence electrons. The quantitative estimate of drug-likeness (QED) is 0.914. The predicted molar refractivity (Wildman–Crippen MR) is 79.6 cm³/mol. The van der Waals surface area contributed by atoms with Gasteiger partial charge < -0.3 is 10.5 Å². The Hall–Kier alpha value is -1.58. The average Bonchev–Trinajstić information content (AvgIpc) is 2.41. The zero-order chi connectivity index (χ0) is 14.7. The smallest absolute Gasteiger partial charge is 0.141 e. The molecule has 0 radical (unpaired) electrons. The molecule has 2 rings (SSSR count). The van der Waals surface area contributed by atoms with E-state index in [1.165, 1.54) is 6.07 Å². The number of hydrogen-bond donors (Lipinski definition) is 1. The first-order chi connectivity index (χ1) is 9.49. The van der Waals surface area contributed by atoms with Crippen molar-refractivity contribution >= 4 is 11.6 Å². The minimum absolute atomic E-state index is 0.319. The Bertz CT molecular complexity index is 601. The molecule has 2 nitrogen and oxygen atoms in total. The van der Waals surface area contributed by atoms with Gasteiger partial charge in [0.05, 0.1) is 0 Å². The minimum atomic E-state index is -0.545. The lowest BCUT2D eigenvalue weighted by molar-refractivity contribution is 0.175. The second kappa shape index (κ2) is 6.25. The van der Waals surface area contributed by atoms with Crippen molar-refractivity contribution in [2.75, 3.05) is 0 Å². The topological polar surface area (TPSA) is 35.2 Å². The molecule has 0 aliphatic heterocycles. The third-order valence-electron chi connectivity index (χ3n) is 3.08. The Kier molecular flexibility index (Phi) is 4.63. The van der Waals surface area contributed by atoms with Crippen LogP contribution in [0.2, 0.25) is 5.02 Å². The molecule has 2 unspecified atom stereocenters. The van der Waals surface area contributed by atoms with E-state index in [1.54, 1.807) is 37.3 Å². The highest BCUT2D eigenvalue weighted by atomic mass is 35.5. The molecule has 0 fully saturated rings. The van der Waals surface area contributed by atoms with Crippen molar-refractivity contribution in [3.05, 3.63) is 64.4 Å². The van der Waals surface area contributed by atoms with Crippen molar-refractivity contribution in [1.82, 2.24) is 0 Å². The van der Waals surface area contributed by atoms with E-state index in [9.17, 15) is 4.39 Å². The van der Waals surface area contributed by atoms with Gasteiger partial charge in [-0.2, -0.15) is 0 Å². The maximum Gasteiger partial charge on any atom is 0.141 e. The van der Waals surface area contributed by atoms with E-state index in [1.807, 2.05) is 13.0 Å². The number of rotatable bonds is 4. The van der Waals surface area contributed by atoms with Gasteiger partial charge in [0.2, 0.25) is 0 Å². The normalized spacial score (nSPS) is 13.8. The molecule has 0 spiro atoms. The summed E-state index contributed by atoms with van der Waals surface area (Å²) in [4.78, 5) is 0. The SMILES string of the molecule is Cc1cc(OC(c2ccccc2F)C(C)N)ccc1Cl. The maximum absolute atomic E-state index is 13.9. The van der Waals surface area contributed by atoms with E-state index in [4.69, 9.17) is 22.1 Å². The van der Waals surface area contributed by atoms with Crippen LogP contribution in [0.4, 0.5) is 4.39 Å². The zero-order valence-electron chi connectivity index (χ0n) is 11.4. The summed E-state index contributed by atoms with van der Waals surface area (Å²) in [5, 5.41) is 0.667. The van der Waals surface area contributed by atoms with Gasteiger partial charge in [-0.3, -0.25) is 0 Å². The van der Waals surface area contributed by atoms with Crippen LogP contribution in [-0.2, 0) is 0 Å². The van der Waals surface area contributed by atoms with E-state index in [2.05, 4.69) is 0 Å². The molecule has 2 atom stereocenters. The van der Waals surface area contributed by atoms with Crippen LogP contribution in [0.3, 0.4) is 0 Å². The molecular formula is C16H17ClFNO. The number of hydrogen-bond acceptors (Lipinski definition) is 2. The molecule has 20 heavy (non-hydrogen) atoms. The Morgan fingerprint density at radius 3 is 2.50 bits per heavy atom. The molecule has 0 saturated carbocycles. The van der Waals surface area contributed by atoms with Crippen LogP contribution in [0.1, 0.15) is 24.2 Å². The molecule has 0 bridgehead atoms. The number of benzene rings is 2. The van der Waals surface area contributed by atoms with E-state index >= 15 is 0 Å². The Morgan fingerprint density at radius 1 is 1.20 bits per heavy atom. The molecule has 2 aromatic rings. The van der Waals surface area contributed by atoms with Crippen molar-refractivity contribution in [2.24, 2.45) is 5.73 Å². The van der Waals surface area contributed by atoms with Gasteiger partial charge in [0.25, 0.3) is 0 Å². The van der Waals surface area contributed by atoms with Crippen LogP contribution >= 0.6 is 11.6 Å². The van der Waals surface area contributed by atoms with E-state index in [0.29, 0.717) is 16.3 Å². The largest absolute Gasteiger partial charge is 0.484 e. The molecular weight excluding hydrogens is 277 g/mol. The Labute approximate surface area is 123 Å². The summed E-state index contributed by atoms with van der Waals surface area (Å²) in [6.07, 6.45) is -0.545. The lowest BCUT2D eigenvalue weighted by atomic mass is 10.0. The minimum Gasteiger partial charge on any atom is -0.484 e. The first-order valence-electron chi connectivity index (χ1n) is 6.42. The lowest BCUT2D eigenvalue weighted by Crippen LogP contribution is -2.29. The average molecular weight is 294 g/mol. The van der Waals surface area contributed by atoms with Crippen molar-refractivity contribution < 1.29 is 9.13 Å². The predicted octanol–water partition coefficient (Wildman–Crippen LogP) is 4.25. The van der Waals surface area contributed by atoms with Crippen molar-refractivity contribution in [3.63, 3.8) is 0 Å². The van der Waals surface area contributed by atoms with E-state index in [0.717, 1.165) is 5.56 Å². The van der Waals surface area contributed by atoms with Crippen LogP contribution in [0.5, 0.6) is 5.75 Å². The fourth-order valence-electron chi connectivity index (χ4n) is 2.00. The molecule has 0 amide bonds. The number of ether oxygens (including phenoxy) is 1. The van der Waals surface area contributed by atoms with E-state index < -0.39 is 6.10 Å². The van der Waals surface area contributed by atoms with Gasteiger partial charge in [-0.05, 0) is 43.7 Å². The lowest BCUT2D eigenvalue weighted by Gasteiger charge is -2.23. The van der Waals surface area contributed by atoms with Gasteiger partial charge in [-0.15, -0.1) is 0 Å². The molecule has 2 aromatic carbocycles. The summed E-state index contributed by atoms with van der Waals surface area (Å²) < 4.78 is 19.7. The van der Waals surface area contributed by atoms with Crippen molar-refractivity contribution in [1.29, 1.82) is 0 Å². The van der Waals surface area contributed by atoms with Crippen LogP contribution in [-0.4, -0.2) is 6.04 Å². The summed E-state index contributed by atoms with van der Waals surface area (Å²) >= 11 is 5.98. The van der Waals surface area contributed by atoms with E-state index in [-0.39, 0.29) is 11.9 Å². The monoisotopic (exact) mass is 293 g/mol. The first-order valence-corrected chi connectivity index (χ1v) is 6.79. The molecule has 4 heteroatoms. The van der Waals surface area contributed by atoms with Crippen molar-refractivity contribution in [2.45, 2.75) is 26.0 Å². The third-order valence-corrected chi connectivity index (χ3v) is 3.51. The molecule has 0 aliphatic rings. The first kappa shape index (κ1) is 14.8. The number of aryl methyl sites for hydroxylation is 1. The van der Waals surface area contributed by atoms with Crippen LogP contribution in [0, 0.1) is 12.7 Å². The van der Waals surface area contributed by atoms with Gasteiger partial charge >= 0.3 is 0 Å². The van der Waals surface area contributed by atoms with Gasteiger partial charge in [-0.1, -0.05) is 29.8 Å². The highest BCUT2D eigenvalue weighted by molar-refractivity contribution is 6.31. The second-order valence-corrected chi connectivity index (χ2v) is 5.24. The molecule has 0 saturated heterocycles. The summed E-state index contributed by atoms with van der Waals surface area (Å²) in [5.74, 6) is 0.304. The van der Waals surface area contributed by atoms with Crippen LogP contribution in [0.15, 0.2) is 42.5 Å². The highest BCUT2D eigenvalue weighted by Gasteiger charge is 2.21. The summed E-state index contributed by atoms with van der Waals surface area (Å²) in [5.41, 5.74) is 7.29. The highest BCUT2D eigenvalue weighted by Crippen LogP contribution is 2.28. The van der Waals surface area contributed by atoms with Gasteiger partial charge in [0.15, 0.2) is 0 Å². The standard InChI is InChI=1S/C16H17ClFNO/c1-10-9-12(7-8-14(10)17)20-16(11(2)19)13-5-3-4-6-15(13)18/h3-9,11,16H,19H2,1-2H3. The molecule has 0 heterocycles. The fourth-order valence-corrected chi connectivity index (χ4v) is 2.11. The zero-order valence-corrected chi connectivity index (χ0v) is 12.2. The fraction of sp³-hybridized carbons (Fsp3) is 0.250. The third kappa shape index (κ3) is 3.30. The van der Waals surface area contributed by atoms with Gasteiger partial charge in [-0.25, -0.2) is 4.39 Å². The molecule has 0 aromatic heterocycles.